The first-order chi connectivity index (χ1) is 13.8. The summed E-state index contributed by atoms with van der Waals surface area (Å²) in [5.41, 5.74) is 2.71. The summed E-state index contributed by atoms with van der Waals surface area (Å²) in [5, 5.41) is 16.6. The van der Waals surface area contributed by atoms with Gasteiger partial charge in [-0.25, -0.2) is 0 Å². The van der Waals surface area contributed by atoms with Crippen LogP contribution in [0.4, 0.5) is 13.2 Å². The molecular weight excluding hydrogens is 377 g/mol. The third kappa shape index (κ3) is 5.38. The van der Waals surface area contributed by atoms with Crippen LogP contribution in [0.5, 0.6) is 0 Å². The summed E-state index contributed by atoms with van der Waals surface area (Å²) in [4.78, 5) is 0. The predicted molar refractivity (Wildman–Crippen MR) is 113 cm³/mol. The van der Waals surface area contributed by atoms with Crippen molar-refractivity contribution in [3.63, 3.8) is 0 Å². The van der Waals surface area contributed by atoms with Gasteiger partial charge in [0, 0.05) is 0 Å². The number of alkyl halides is 3. The van der Waals surface area contributed by atoms with Crippen LogP contribution in [0, 0.1) is 0 Å². The fourth-order valence-corrected chi connectivity index (χ4v) is 4.16. The van der Waals surface area contributed by atoms with Gasteiger partial charge in [-0.3, -0.25) is 5.32 Å². The molecule has 0 aromatic heterocycles. The van der Waals surface area contributed by atoms with Crippen LogP contribution < -0.4 is 10.6 Å². The maximum Gasteiger partial charge on any atom is 0.401 e. The van der Waals surface area contributed by atoms with Gasteiger partial charge in [-0.1, -0.05) is 68.0 Å². The van der Waals surface area contributed by atoms with E-state index in [4.69, 9.17) is 0 Å². The third-order valence-electron chi connectivity index (χ3n) is 5.56. The molecule has 0 radical (unpaired) electrons. The molecule has 6 heteroatoms. The van der Waals surface area contributed by atoms with Crippen LogP contribution in [0.25, 0.3) is 5.57 Å². The van der Waals surface area contributed by atoms with E-state index in [0.717, 1.165) is 48.2 Å². The van der Waals surface area contributed by atoms with E-state index in [2.05, 4.69) is 17.2 Å². The minimum absolute atomic E-state index is 0.554. The smallest absolute Gasteiger partial charge is 0.377 e. The number of hydrogen-bond acceptors (Lipinski definition) is 3. The minimum atomic E-state index is -4.39. The molecule has 1 aromatic carbocycles. The zero-order chi connectivity index (χ0) is 21.5. The fourth-order valence-electron chi connectivity index (χ4n) is 4.16. The highest BCUT2D eigenvalue weighted by Crippen LogP contribution is 2.51. The second kappa shape index (κ2) is 10.2. The van der Waals surface area contributed by atoms with Gasteiger partial charge in [0.1, 0.15) is 6.23 Å². The molecule has 0 saturated heterocycles. The zero-order valence-corrected chi connectivity index (χ0v) is 17.1. The van der Waals surface area contributed by atoms with Gasteiger partial charge in [0.05, 0.1) is 12.0 Å². The van der Waals surface area contributed by atoms with E-state index in [1.807, 2.05) is 50.3 Å². The number of hydrogen-bond donors (Lipinski definition) is 3. The molecule has 1 aliphatic carbocycles. The Morgan fingerprint density at radius 3 is 2.62 bits per heavy atom. The Hall–Kier alpha value is -1.89. The predicted octanol–water partition coefficient (Wildman–Crippen LogP) is 4.70. The summed E-state index contributed by atoms with van der Waals surface area (Å²) in [6.07, 6.45) is 1.87. The molecule has 2 atom stereocenters. The van der Waals surface area contributed by atoms with Crippen LogP contribution in [0.3, 0.4) is 0 Å². The molecular formula is C23H31F3N2O. The Morgan fingerprint density at radius 1 is 1.24 bits per heavy atom. The van der Waals surface area contributed by atoms with E-state index >= 15 is 0 Å². The Labute approximate surface area is 171 Å². The van der Waals surface area contributed by atoms with Crippen LogP contribution >= 0.6 is 0 Å². The maximum absolute atomic E-state index is 12.8. The quantitative estimate of drug-likeness (QED) is 0.282. The Morgan fingerprint density at radius 2 is 1.97 bits per heavy atom. The number of fused-ring (bicyclic) bond motifs is 1. The van der Waals surface area contributed by atoms with Crippen LogP contribution in [-0.2, 0) is 5.41 Å². The SMILES string of the molecule is C=C/C=C\C1=C(C)C(CCCCNCC)(C(O)NCC(F)(F)F)c2ccccc21. The number of benzene rings is 1. The molecule has 0 aliphatic heterocycles. The van der Waals surface area contributed by atoms with Gasteiger partial charge in [0.2, 0.25) is 0 Å². The van der Waals surface area contributed by atoms with Crippen molar-refractivity contribution in [2.24, 2.45) is 0 Å². The Balaban J connectivity index is 2.45. The molecule has 2 rings (SSSR count). The van der Waals surface area contributed by atoms with Crippen molar-refractivity contribution >= 4 is 5.57 Å². The van der Waals surface area contributed by atoms with Crippen molar-refractivity contribution in [3.05, 3.63) is 65.8 Å². The largest absolute Gasteiger partial charge is 0.401 e. The summed E-state index contributed by atoms with van der Waals surface area (Å²) in [5.74, 6) is 0. The second-order valence-electron chi connectivity index (χ2n) is 7.36. The first kappa shape index (κ1) is 23.4. The number of aliphatic hydroxyl groups is 1. The van der Waals surface area contributed by atoms with Crippen molar-refractivity contribution in [2.45, 2.75) is 50.9 Å². The Kier molecular flexibility index (Phi) is 8.25. The van der Waals surface area contributed by atoms with Crippen molar-refractivity contribution < 1.29 is 18.3 Å². The molecule has 2 unspecified atom stereocenters. The van der Waals surface area contributed by atoms with E-state index in [1.54, 1.807) is 6.08 Å². The lowest BCUT2D eigenvalue weighted by molar-refractivity contribution is -0.133. The average Bonchev–Trinajstić information content (AvgIpc) is 2.92. The Bertz CT molecular complexity index is 755. The lowest BCUT2D eigenvalue weighted by Gasteiger charge is -2.38. The van der Waals surface area contributed by atoms with Crippen LogP contribution in [-0.4, -0.2) is 37.1 Å². The van der Waals surface area contributed by atoms with Gasteiger partial charge in [-0.2, -0.15) is 13.2 Å². The minimum Gasteiger partial charge on any atom is -0.377 e. The lowest BCUT2D eigenvalue weighted by Crippen LogP contribution is -2.51. The summed E-state index contributed by atoms with van der Waals surface area (Å²) in [7, 11) is 0. The lowest BCUT2D eigenvalue weighted by atomic mass is 9.72. The van der Waals surface area contributed by atoms with Crippen molar-refractivity contribution in [1.29, 1.82) is 0 Å². The van der Waals surface area contributed by atoms with Gasteiger partial charge in [-0.05, 0) is 49.6 Å². The zero-order valence-electron chi connectivity index (χ0n) is 17.1. The number of rotatable bonds is 11. The highest BCUT2D eigenvalue weighted by molar-refractivity contribution is 5.86. The molecule has 160 valence electrons. The summed E-state index contributed by atoms with van der Waals surface area (Å²) in [6.45, 7) is 8.12. The van der Waals surface area contributed by atoms with E-state index in [-0.39, 0.29) is 0 Å². The van der Waals surface area contributed by atoms with Crippen molar-refractivity contribution in [3.8, 4) is 0 Å². The molecule has 1 aromatic rings. The molecule has 0 bridgehead atoms. The molecule has 3 N–H and O–H groups in total. The number of nitrogens with one attached hydrogen (secondary N) is 2. The summed E-state index contributed by atoms with van der Waals surface area (Å²) in [6, 6.07) is 7.65. The molecule has 1 aliphatic rings. The third-order valence-corrected chi connectivity index (χ3v) is 5.56. The topological polar surface area (TPSA) is 44.3 Å². The highest BCUT2D eigenvalue weighted by Gasteiger charge is 2.48. The molecule has 0 heterocycles. The van der Waals surface area contributed by atoms with Crippen LogP contribution in [0.2, 0.25) is 0 Å². The molecule has 0 fully saturated rings. The molecule has 0 amide bonds. The molecule has 29 heavy (non-hydrogen) atoms. The first-order valence-corrected chi connectivity index (χ1v) is 10.1. The van der Waals surface area contributed by atoms with Gasteiger partial charge in [-0.15, -0.1) is 0 Å². The number of aliphatic hydroxyl groups excluding tert-OH is 1. The van der Waals surface area contributed by atoms with Gasteiger partial charge in [0.25, 0.3) is 0 Å². The van der Waals surface area contributed by atoms with Gasteiger partial charge < -0.3 is 10.4 Å². The van der Waals surface area contributed by atoms with E-state index in [9.17, 15) is 18.3 Å². The van der Waals surface area contributed by atoms with Crippen LogP contribution in [0.15, 0.2) is 54.6 Å². The summed E-state index contributed by atoms with van der Waals surface area (Å²) >= 11 is 0. The standard InChI is InChI=1S/C23H31F3N2O/c1-4-6-11-18-17(3)22(14-9-10-15-27-5-2,20-13-8-7-12-19(18)20)21(29)28-16-23(24,25)26/h4,6-8,11-13,21,27-29H,1,5,9-10,14-16H2,2-3H3/b11-6-. The average molecular weight is 409 g/mol. The molecule has 3 nitrogen and oxygen atoms in total. The first-order valence-electron chi connectivity index (χ1n) is 10.1. The maximum atomic E-state index is 12.8. The number of halogens is 3. The number of allylic oxidation sites excluding steroid dienone is 4. The highest BCUT2D eigenvalue weighted by atomic mass is 19.4. The van der Waals surface area contributed by atoms with Crippen LogP contribution in [0.1, 0.15) is 44.2 Å². The molecule has 0 saturated carbocycles. The van der Waals surface area contributed by atoms with Gasteiger partial charge >= 0.3 is 6.18 Å². The monoisotopic (exact) mass is 408 g/mol. The van der Waals surface area contributed by atoms with E-state index in [0.29, 0.717) is 6.42 Å². The fraction of sp³-hybridized carbons (Fsp3) is 0.478. The van der Waals surface area contributed by atoms with Crippen molar-refractivity contribution in [1.82, 2.24) is 10.6 Å². The van der Waals surface area contributed by atoms with Crippen molar-refractivity contribution in [2.75, 3.05) is 19.6 Å². The molecule has 0 spiro atoms. The number of unbranched alkanes of at least 4 members (excludes halogenated alkanes) is 1. The second-order valence-corrected chi connectivity index (χ2v) is 7.36. The summed E-state index contributed by atoms with van der Waals surface area (Å²) < 4.78 is 38.5. The van der Waals surface area contributed by atoms with Gasteiger partial charge in [0.15, 0.2) is 0 Å². The normalized spacial score (nSPS) is 20.3. The van der Waals surface area contributed by atoms with E-state index in [1.165, 1.54) is 0 Å². The van der Waals surface area contributed by atoms with E-state index < -0.39 is 24.4 Å².